The maximum absolute atomic E-state index is 12.8. The summed E-state index contributed by atoms with van der Waals surface area (Å²) in [5, 5.41) is 9.47. The number of nitrogens with zero attached hydrogens (tertiary/aromatic N) is 3. The van der Waals surface area contributed by atoms with E-state index in [1.807, 2.05) is 48.5 Å². The number of fused-ring (bicyclic) bond motifs is 1. The highest BCUT2D eigenvalue weighted by atomic mass is 32.1. The Balaban J connectivity index is 1.38. The SMILES string of the molecule is N#Cc1ccc(-c2cccnc2Oc2ccc(C(=O)c3nc4ccccc4s3)cc2)cc1. The second kappa shape index (κ2) is 8.42. The van der Waals surface area contributed by atoms with E-state index in [0.29, 0.717) is 27.8 Å². The number of benzene rings is 3. The lowest BCUT2D eigenvalue weighted by atomic mass is 10.1. The number of nitriles is 1. The zero-order valence-electron chi connectivity index (χ0n) is 16.7. The Morgan fingerprint density at radius 1 is 0.906 bits per heavy atom. The van der Waals surface area contributed by atoms with E-state index in [1.165, 1.54) is 11.3 Å². The molecule has 0 aliphatic rings. The number of hydrogen-bond acceptors (Lipinski definition) is 6. The van der Waals surface area contributed by atoms with E-state index in [1.54, 1.807) is 42.6 Å². The Labute approximate surface area is 188 Å². The van der Waals surface area contributed by atoms with E-state index in [2.05, 4.69) is 16.0 Å². The maximum atomic E-state index is 12.8. The van der Waals surface area contributed by atoms with Gasteiger partial charge in [0, 0.05) is 17.3 Å². The molecular weight excluding hydrogens is 418 g/mol. The Hall–Kier alpha value is -4.34. The fraction of sp³-hybridized carbons (Fsp3) is 0. The van der Waals surface area contributed by atoms with Gasteiger partial charge in [0.1, 0.15) is 5.75 Å². The van der Waals surface area contributed by atoms with Crippen LogP contribution in [0.25, 0.3) is 21.3 Å². The lowest BCUT2D eigenvalue weighted by Gasteiger charge is -2.10. The highest BCUT2D eigenvalue weighted by molar-refractivity contribution is 7.20. The molecule has 6 heteroatoms. The number of carbonyl (C=O) groups is 1. The first-order valence-corrected chi connectivity index (χ1v) is 10.7. The molecule has 5 nitrogen and oxygen atoms in total. The van der Waals surface area contributed by atoms with Gasteiger partial charge in [-0.1, -0.05) is 24.3 Å². The Bertz CT molecular complexity index is 1430. The van der Waals surface area contributed by atoms with Crippen LogP contribution in [0, 0.1) is 11.3 Å². The Morgan fingerprint density at radius 2 is 1.69 bits per heavy atom. The standard InChI is InChI=1S/C26H15N3O2S/c27-16-17-7-9-18(10-8-17)21-4-3-15-28-25(21)31-20-13-11-19(12-14-20)24(30)26-29-22-5-1-2-6-23(22)32-26/h1-15H. The van der Waals surface area contributed by atoms with Gasteiger partial charge in [-0.3, -0.25) is 4.79 Å². The number of carbonyl (C=O) groups excluding carboxylic acids is 1. The third-order valence-electron chi connectivity index (χ3n) is 4.92. The van der Waals surface area contributed by atoms with Crippen LogP contribution in [0.2, 0.25) is 0 Å². The first kappa shape index (κ1) is 19.6. The minimum absolute atomic E-state index is 0.117. The molecule has 0 unspecified atom stereocenters. The van der Waals surface area contributed by atoms with Crippen molar-refractivity contribution in [3.05, 3.63) is 107 Å². The molecule has 0 amide bonds. The van der Waals surface area contributed by atoms with Crippen LogP contribution in [0.4, 0.5) is 0 Å². The summed E-state index contributed by atoms with van der Waals surface area (Å²) in [7, 11) is 0. The van der Waals surface area contributed by atoms with Crippen LogP contribution in [0.3, 0.4) is 0 Å². The van der Waals surface area contributed by atoms with Crippen molar-refractivity contribution in [3.63, 3.8) is 0 Å². The molecule has 0 atom stereocenters. The predicted octanol–water partition coefficient (Wildman–Crippen LogP) is 6.25. The lowest BCUT2D eigenvalue weighted by Crippen LogP contribution is -2.00. The van der Waals surface area contributed by atoms with E-state index in [0.717, 1.165) is 21.3 Å². The molecule has 0 N–H and O–H groups in total. The highest BCUT2D eigenvalue weighted by Gasteiger charge is 2.15. The average Bonchev–Trinajstić information content (AvgIpc) is 3.29. The van der Waals surface area contributed by atoms with Gasteiger partial charge in [-0.05, 0) is 66.2 Å². The van der Waals surface area contributed by atoms with Crippen molar-refractivity contribution in [3.8, 4) is 28.8 Å². The molecule has 2 aromatic heterocycles. The summed E-state index contributed by atoms with van der Waals surface area (Å²) in [5.41, 5.74) is 3.67. The van der Waals surface area contributed by atoms with Gasteiger partial charge in [0.25, 0.3) is 0 Å². The van der Waals surface area contributed by atoms with E-state index in [9.17, 15) is 4.79 Å². The molecule has 32 heavy (non-hydrogen) atoms. The first-order valence-electron chi connectivity index (χ1n) is 9.85. The number of pyridine rings is 1. The molecule has 0 saturated heterocycles. The quantitative estimate of drug-likeness (QED) is 0.306. The number of hydrogen-bond donors (Lipinski definition) is 0. The Kier molecular flexibility index (Phi) is 5.16. The van der Waals surface area contributed by atoms with E-state index in [4.69, 9.17) is 10.00 Å². The molecule has 0 aliphatic carbocycles. The first-order chi connectivity index (χ1) is 15.7. The zero-order valence-corrected chi connectivity index (χ0v) is 17.5. The predicted molar refractivity (Wildman–Crippen MR) is 124 cm³/mol. The van der Waals surface area contributed by atoms with Crippen molar-refractivity contribution in [2.45, 2.75) is 0 Å². The van der Waals surface area contributed by atoms with Crippen LogP contribution in [0.5, 0.6) is 11.6 Å². The molecule has 2 heterocycles. The molecule has 3 aromatic carbocycles. The van der Waals surface area contributed by atoms with Gasteiger partial charge in [-0.25, -0.2) is 9.97 Å². The van der Waals surface area contributed by atoms with Crippen molar-refractivity contribution in [1.29, 1.82) is 5.26 Å². The number of ether oxygens (including phenoxy) is 1. The molecular formula is C26H15N3O2S. The number of rotatable bonds is 5. The van der Waals surface area contributed by atoms with Gasteiger partial charge in [0.05, 0.1) is 21.8 Å². The third kappa shape index (κ3) is 3.85. The van der Waals surface area contributed by atoms with Gasteiger partial charge in [0.2, 0.25) is 11.7 Å². The third-order valence-corrected chi connectivity index (χ3v) is 5.95. The monoisotopic (exact) mass is 433 g/mol. The fourth-order valence-electron chi connectivity index (χ4n) is 3.29. The highest BCUT2D eigenvalue weighted by Crippen LogP contribution is 2.32. The molecule has 0 bridgehead atoms. The summed E-state index contributed by atoms with van der Waals surface area (Å²) in [5.74, 6) is 0.899. The lowest BCUT2D eigenvalue weighted by molar-refractivity contribution is 0.103. The summed E-state index contributed by atoms with van der Waals surface area (Å²) in [6.45, 7) is 0. The van der Waals surface area contributed by atoms with Crippen molar-refractivity contribution >= 4 is 27.3 Å². The second-order valence-corrected chi connectivity index (χ2v) is 8.02. The fourth-order valence-corrected chi connectivity index (χ4v) is 4.22. The summed E-state index contributed by atoms with van der Waals surface area (Å²) < 4.78 is 7.00. The van der Waals surface area contributed by atoms with Crippen LogP contribution in [-0.4, -0.2) is 15.8 Å². The maximum Gasteiger partial charge on any atom is 0.227 e. The van der Waals surface area contributed by atoms with Crippen LogP contribution in [0.1, 0.15) is 20.9 Å². The van der Waals surface area contributed by atoms with Crippen molar-refractivity contribution in [1.82, 2.24) is 9.97 Å². The minimum Gasteiger partial charge on any atom is -0.438 e. The molecule has 0 spiro atoms. The summed E-state index contributed by atoms with van der Waals surface area (Å²) in [4.78, 5) is 21.7. The zero-order chi connectivity index (χ0) is 21.9. The number of para-hydroxylation sites is 1. The minimum atomic E-state index is -0.117. The molecule has 0 radical (unpaired) electrons. The number of aromatic nitrogens is 2. The van der Waals surface area contributed by atoms with Crippen molar-refractivity contribution in [2.24, 2.45) is 0 Å². The van der Waals surface area contributed by atoms with E-state index < -0.39 is 0 Å². The normalized spacial score (nSPS) is 10.6. The summed E-state index contributed by atoms with van der Waals surface area (Å²) in [6, 6.07) is 27.8. The summed E-state index contributed by atoms with van der Waals surface area (Å²) >= 11 is 1.39. The average molecular weight is 433 g/mol. The van der Waals surface area contributed by atoms with Crippen LogP contribution in [-0.2, 0) is 0 Å². The van der Waals surface area contributed by atoms with Gasteiger partial charge >= 0.3 is 0 Å². The molecule has 5 aromatic rings. The second-order valence-electron chi connectivity index (χ2n) is 6.99. The van der Waals surface area contributed by atoms with Crippen LogP contribution >= 0.6 is 11.3 Å². The number of thiazole rings is 1. The van der Waals surface area contributed by atoms with Gasteiger partial charge < -0.3 is 4.74 Å². The van der Waals surface area contributed by atoms with Crippen LogP contribution < -0.4 is 4.74 Å². The van der Waals surface area contributed by atoms with Gasteiger partial charge in [-0.2, -0.15) is 5.26 Å². The van der Waals surface area contributed by atoms with Crippen molar-refractivity contribution < 1.29 is 9.53 Å². The van der Waals surface area contributed by atoms with Crippen LogP contribution in [0.15, 0.2) is 91.1 Å². The van der Waals surface area contributed by atoms with Gasteiger partial charge in [0.15, 0.2) is 5.01 Å². The molecule has 0 aliphatic heterocycles. The largest absolute Gasteiger partial charge is 0.438 e. The molecule has 0 fully saturated rings. The van der Waals surface area contributed by atoms with E-state index in [-0.39, 0.29) is 5.78 Å². The molecule has 5 rings (SSSR count). The molecule has 152 valence electrons. The molecule has 0 saturated carbocycles. The topological polar surface area (TPSA) is 75.9 Å². The van der Waals surface area contributed by atoms with Crippen molar-refractivity contribution in [2.75, 3.05) is 0 Å². The van der Waals surface area contributed by atoms with E-state index >= 15 is 0 Å². The Morgan fingerprint density at radius 3 is 2.44 bits per heavy atom. The number of ketones is 1. The smallest absolute Gasteiger partial charge is 0.227 e. The summed E-state index contributed by atoms with van der Waals surface area (Å²) in [6.07, 6.45) is 1.66. The van der Waals surface area contributed by atoms with Gasteiger partial charge in [-0.15, -0.1) is 11.3 Å².